The molecule has 1 aliphatic carbocycles. The molecule has 2 aromatic heterocycles. The molecule has 3 heterocycles. The van der Waals surface area contributed by atoms with E-state index in [-0.39, 0.29) is 17.7 Å². The number of anilines is 2. The van der Waals surface area contributed by atoms with Gasteiger partial charge in [-0.05, 0) is 107 Å². The Bertz CT molecular complexity index is 1650. The minimum atomic E-state index is -0.847. The van der Waals surface area contributed by atoms with Gasteiger partial charge < -0.3 is 20.1 Å². The first kappa shape index (κ1) is 27.5. The van der Waals surface area contributed by atoms with Gasteiger partial charge in [0.05, 0.1) is 11.3 Å². The summed E-state index contributed by atoms with van der Waals surface area (Å²) >= 11 is 0. The Labute approximate surface area is 240 Å². The van der Waals surface area contributed by atoms with Crippen molar-refractivity contribution in [3.63, 3.8) is 0 Å². The van der Waals surface area contributed by atoms with Crippen molar-refractivity contribution in [2.75, 3.05) is 25.5 Å². The van der Waals surface area contributed by atoms with Crippen molar-refractivity contribution in [2.45, 2.75) is 77.5 Å². The summed E-state index contributed by atoms with van der Waals surface area (Å²) in [5, 5.41) is 15.0. The molecule has 6 rings (SSSR count). The van der Waals surface area contributed by atoms with E-state index in [1.54, 1.807) is 10.9 Å². The largest absolute Gasteiger partial charge is 0.490 e. The number of ether oxygens (including phenoxy) is 1. The van der Waals surface area contributed by atoms with Gasteiger partial charge in [0.2, 0.25) is 5.95 Å². The van der Waals surface area contributed by atoms with Crippen molar-refractivity contribution in [2.24, 2.45) is 0 Å². The van der Waals surface area contributed by atoms with Gasteiger partial charge in [0, 0.05) is 31.0 Å². The van der Waals surface area contributed by atoms with Gasteiger partial charge in [-0.3, -0.25) is 4.79 Å². The van der Waals surface area contributed by atoms with E-state index >= 15 is 0 Å². The molecule has 1 fully saturated rings. The number of aliphatic hydroxyl groups is 1. The zero-order chi connectivity index (χ0) is 28.9. The van der Waals surface area contributed by atoms with Crippen molar-refractivity contribution >= 4 is 22.7 Å². The molecule has 0 amide bonds. The molecule has 216 valence electrons. The maximum Gasteiger partial charge on any atom is 0.278 e. The number of likely N-dealkylation sites (tertiary alicyclic amines) is 1. The Hall–Kier alpha value is -3.69. The highest BCUT2D eigenvalue weighted by Crippen LogP contribution is 2.40. The van der Waals surface area contributed by atoms with Crippen LogP contribution in [0.1, 0.15) is 69.2 Å². The first-order valence-corrected chi connectivity index (χ1v) is 14.8. The van der Waals surface area contributed by atoms with Crippen LogP contribution in [0.5, 0.6) is 5.75 Å². The molecule has 0 radical (unpaired) electrons. The average Bonchev–Trinajstić information content (AvgIpc) is 3.45. The third-order valence-electron chi connectivity index (χ3n) is 8.73. The molecule has 1 aliphatic heterocycles. The van der Waals surface area contributed by atoms with Gasteiger partial charge in [0.15, 0.2) is 5.65 Å². The lowest BCUT2D eigenvalue weighted by molar-refractivity contribution is 0.0345. The predicted octanol–water partition coefficient (Wildman–Crippen LogP) is 5.23. The number of benzene rings is 2. The number of aromatic nitrogens is 4. The van der Waals surface area contributed by atoms with E-state index < -0.39 is 5.60 Å². The second-order valence-corrected chi connectivity index (χ2v) is 11.9. The summed E-state index contributed by atoms with van der Waals surface area (Å²) < 4.78 is 9.89. The van der Waals surface area contributed by atoms with Crippen LogP contribution in [0.25, 0.3) is 16.7 Å². The zero-order valence-corrected chi connectivity index (χ0v) is 24.6. The Morgan fingerprint density at radius 3 is 2.66 bits per heavy atom. The number of aryl methyl sites for hydroxylation is 2. The maximum atomic E-state index is 13.5. The van der Waals surface area contributed by atoms with Crippen molar-refractivity contribution in [3.8, 4) is 11.4 Å². The molecule has 0 spiro atoms. The summed E-state index contributed by atoms with van der Waals surface area (Å²) in [4.78, 5) is 25.2. The van der Waals surface area contributed by atoms with Crippen LogP contribution in [-0.2, 0) is 12.0 Å². The smallest absolute Gasteiger partial charge is 0.278 e. The molecular weight excluding hydrogens is 516 g/mol. The standard InChI is InChI=1S/C32H40N6O3/c1-6-32(40)14-11-22-7-9-24(18-27(22)32)38-29-26(30(39)37(38)20(2)3)19-33-31(35-29)34-23-8-10-28(21(4)17-23)41-25-12-15-36(5)16-13-25/h7-10,17-20,25,40H,6,11-16H2,1-5H3,(H,33,34,35)/t32-/m1/s1. The van der Waals surface area contributed by atoms with E-state index in [0.717, 1.165) is 66.2 Å². The Morgan fingerprint density at radius 1 is 1.17 bits per heavy atom. The molecule has 1 saturated heterocycles. The molecule has 0 bridgehead atoms. The summed E-state index contributed by atoms with van der Waals surface area (Å²) in [6.45, 7) is 10.1. The fourth-order valence-corrected chi connectivity index (χ4v) is 6.24. The van der Waals surface area contributed by atoms with Gasteiger partial charge in [-0.2, -0.15) is 4.98 Å². The van der Waals surface area contributed by atoms with Crippen LogP contribution >= 0.6 is 0 Å². The van der Waals surface area contributed by atoms with Gasteiger partial charge >= 0.3 is 0 Å². The average molecular weight is 557 g/mol. The van der Waals surface area contributed by atoms with Crippen LogP contribution < -0.4 is 15.6 Å². The summed E-state index contributed by atoms with van der Waals surface area (Å²) in [5.74, 6) is 1.30. The van der Waals surface area contributed by atoms with Gasteiger partial charge in [-0.15, -0.1) is 0 Å². The summed E-state index contributed by atoms with van der Waals surface area (Å²) in [6, 6.07) is 12.0. The highest BCUT2D eigenvalue weighted by Gasteiger charge is 2.35. The number of nitrogens with one attached hydrogen (secondary N) is 1. The lowest BCUT2D eigenvalue weighted by Gasteiger charge is -2.29. The predicted molar refractivity (Wildman–Crippen MR) is 162 cm³/mol. The monoisotopic (exact) mass is 556 g/mol. The first-order valence-electron chi connectivity index (χ1n) is 14.8. The van der Waals surface area contributed by atoms with Gasteiger partial charge in [-0.1, -0.05) is 13.0 Å². The Balaban J connectivity index is 1.34. The molecule has 0 saturated carbocycles. The van der Waals surface area contributed by atoms with E-state index in [9.17, 15) is 9.90 Å². The second kappa shape index (κ2) is 10.6. The number of nitrogens with zero attached hydrogens (tertiary/aromatic N) is 5. The molecule has 2 N–H and O–H groups in total. The maximum absolute atomic E-state index is 13.5. The third-order valence-corrected chi connectivity index (χ3v) is 8.73. The van der Waals surface area contributed by atoms with E-state index in [1.807, 2.05) is 62.7 Å². The molecule has 4 aromatic rings. The highest BCUT2D eigenvalue weighted by atomic mass is 16.5. The normalized spacial score (nSPS) is 19.7. The summed E-state index contributed by atoms with van der Waals surface area (Å²) in [7, 11) is 2.15. The second-order valence-electron chi connectivity index (χ2n) is 11.9. The van der Waals surface area contributed by atoms with Gasteiger partial charge in [0.25, 0.3) is 5.56 Å². The number of piperidine rings is 1. The van der Waals surface area contributed by atoms with E-state index in [1.165, 1.54) is 0 Å². The SMILES string of the molecule is CC[C@@]1(O)CCc2ccc(-n3c4nc(Nc5ccc(OC6CCN(C)CC6)c(C)c5)ncc4c(=O)n3C(C)C)cc21. The Morgan fingerprint density at radius 2 is 1.95 bits per heavy atom. The summed E-state index contributed by atoms with van der Waals surface area (Å²) in [6.07, 6.45) is 6.10. The van der Waals surface area contributed by atoms with Crippen molar-refractivity contribution < 1.29 is 9.84 Å². The minimum Gasteiger partial charge on any atom is -0.490 e. The topological polar surface area (TPSA) is 97.4 Å². The summed E-state index contributed by atoms with van der Waals surface area (Å²) in [5.41, 5.74) is 4.32. The fourth-order valence-electron chi connectivity index (χ4n) is 6.24. The number of hydrogen-bond acceptors (Lipinski definition) is 7. The Kier molecular flexibility index (Phi) is 7.11. The molecule has 41 heavy (non-hydrogen) atoms. The van der Waals surface area contributed by atoms with Crippen LogP contribution in [0.2, 0.25) is 0 Å². The van der Waals surface area contributed by atoms with Crippen LogP contribution in [0.3, 0.4) is 0 Å². The van der Waals surface area contributed by atoms with Gasteiger partial charge in [-0.25, -0.2) is 14.3 Å². The molecule has 1 atom stereocenters. The van der Waals surface area contributed by atoms with E-state index in [4.69, 9.17) is 9.72 Å². The molecule has 0 unspecified atom stereocenters. The molecule has 2 aromatic carbocycles. The molecule has 2 aliphatic rings. The van der Waals surface area contributed by atoms with Crippen molar-refractivity contribution in [1.82, 2.24) is 24.2 Å². The minimum absolute atomic E-state index is 0.105. The van der Waals surface area contributed by atoms with Crippen molar-refractivity contribution in [3.05, 3.63) is 69.6 Å². The first-order chi connectivity index (χ1) is 19.7. The van der Waals surface area contributed by atoms with Crippen molar-refractivity contribution in [1.29, 1.82) is 0 Å². The fraction of sp³-hybridized carbons (Fsp3) is 0.469. The van der Waals surface area contributed by atoms with Crippen LogP contribution in [-0.4, -0.2) is 55.6 Å². The third kappa shape index (κ3) is 5.02. The quantitative estimate of drug-likeness (QED) is 0.322. The molecular formula is C32H40N6O3. The zero-order valence-electron chi connectivity index (χ0n) is 24.6. The number of rotatable bonds is 7. The van der Waals surface area contributed by atoms with Gasteiger partial charge in [0.1, 0.15) is 17.2 Å². The van der Waals surface area contributed by atoms with E-state index in [0.29, 0.717) is 29.8 Å². The van der Waals surface area contributed by atoms with Crippen LogP contribution in [0.15, 0.2) is 47.4 Å². The van der Waals surface area contributed by atoms with Crippen LogP contribution in [0, 0.1) is 6.92 Å². The van der Waals surface area contributed by atoms with Crippen LogP contribution in [0.4, 0.5) is 11.6 Å². The lowest BCUT2D eigenvalue weighted by atomic mass is 9.93. The number of hydrogen-bond donors (Lipinski definition) is 2. The highest BCUT2D eigenvalue weighted by molar-refractivity contribution is 5.77. The molecule has 9 heteroatoms. The lowest BCUT2D eigenvalue weighted by Crippen LogP contribution is -2.35. The molecule has 9 nitrogen and oxygen atoms in total. The van der Waals surface area contributed by atoms with E-state index in [2.05, 4.69) is 28.3 Å². The number of fused-ring (bicyclic) bond motifs is 2.